The van der Waals surface area contributed by atoms with E-state index >= 15 is 0 Å². The predicted molar refractivity (Wildman–Crippen MR) is 111 cm³/mol. The zero-order valence-corrected chi connectivity index (χ0v) is 16.2. The molecule has 1 saturated carbocycles. The second-order valence-electron chi connectivity index (χ2n) is 8.98. The molecule has 0 nitrogen and oxygen atoms in total. The van der Waals surface area contributed by atoms with Gasteiger partial charge in [-0.1, -0.05) is 106 Å². The van der Waals surface area contributed by atoms with Crippen molar-refractivity contribution in [3.8, 4) is 0 Å². The molecule has 134 valence electrons. The maximum atomic E-state index is 2.48. The van der Waals surface area contributed by atoms with Crippen LogP contribution in [0.2, 0.25) is 0 Å². The van der Waals surface area contributed by atoms with Gasteiger partial charge in [0.25, 0.3) is 0 Å². The lowest BCUT2D eigenvalue weighted by Crippen LogP contribution is -2.49. The fraction of sp³-hybridized carbons (Fsp3) is 0.385. The van der Waals surface area contributed by atoms with Crippen LogP contribution in [0.25, 0.3) is 0 Å². The largest absolute Gasteiger partial charge is 0.0808 e. The second-order valence-corrected chi connectivity index (χ2v) is 8.98. The van der Waals surface area contributed by atoms with Crippen LogP contribution < -0.4 is 0 Å². The van der Waals surface area contributed by atoms with Crippen LogP contribution in [-0.2, 0) is 5.41 Å². The summed E-state index contributed by atoms with van der Waals surface area (Å²) in [5.41, 5.74) is 3.05. The van der Waals surface area contributed by atoms with E-state index in [0.717, 1.165) is 0 Å². The molecule has 2 aliphatic carbocycles. The minimum Gasteiger partial charge on any atom is -0.0808 e. The lowest BCUT2D eigenvalue weighted by Gasteiger charge is -2.52. The average molecular weight is 343 g/mol. The molecule has 0 bridgehead atoms. The molecule has 3 unspecified atom stereocenters. The standard InChI is InChI=1S/C26H30/c1-25(2,3)26(21-13-6-4-7-14-21,22-15-8-5-9-16-22)24-19-18-20-12-10-11-17-23(20)24/h4-17,20,23-24H,18-19H2,1-3H3. The van der Waals surface area contributed by atoms with Gasteiger partial charge in [-0.3, -0.25) is 0 Å². The van der Waals surface area contributed by atoms with Crippen molar-refractivity contribution in [2.75, 3.05) is 0 Å². The molecule has 2 aliphatic rings. The minimum atomic E-state index is 0.00442. The molecule has 0 saturated heterocycles. The molecule has 0 heteroatoms. The topological polar surface area (TPSA) is 0 Å². The zero-order chi connectivity index (χ0) is 18.2. The third-order valence-corrected chi connectivity index (χ3v) is 6.77. The Bertz CT molecular complexity index is 749. The highest BCUT2D eigenvalue weighted by Gasteiger charge is 2.55. The molecule has 2 aromatic rings. The number of hydrogen-bond donors (Lipinski definition) is 0. The maximum Gasteiger partial charge on any atom is 0.0285 e. The number of rotatable bonds is 3. The van der Waals surface area contributed by atoms with Crippen LogP contribution in [0.3, 0.4) is 0 Å². The summed E-state index contributed by atoms with van der Waals surface area (Å²) in [5.74, 6) is 1.93. The highest BCUT2D eigenvalue weighted by Crippen LogP contribution is 2.60. The molecule has 0 radical (unpaired) electrons. The normalized spacial score (nSPS) is 25.3. The van der Waals surface area contributed by atoms with Gasteiger partial charge in [0.2, 0.25) is 0 Å². The zero-order valence-electron chi connectivity index (χ0n) is 16.2. The van der Waals surface area contributed by atoms with Crippen LogP contribution in [0.15, 0.2) is 85.0 Å². The van der Waals surface area contributed by atoms with E-state index in [4.69, 9.17) is 0 Å². The summed E-state index contributed by atoms with van der Waals surface area (Å²) in [5, 5.41) is 0. The van der Waals surface area contributed by atoms with E-state index in [0.29, 0.717) is 17.8 Å². The van der Waals surface area contributed by atoms with Gasteiger partial charge >= 0.3 is 0 Å². The third-order valence-electron chi connectivity index (χ3n) is 6.77. The highest BCUT2D eigenvalue weighted by molar-refractivity contribution is 5.44. The van der Waals surface area contributed by atoms with Crippen molar-refractivity contribution in [3.63, 3.8) is 0 Å². The van der Waals surface area contributed by atoms with Gasteiger partial charge in [-0.2, -0.15) is 0 Å². The Morgan fingerprint density at radius 3 is 1.77 bits per heavy atom. The summed E-state index contributed by atoms with van der Waals surface area (Å²) >= 11 is 0. The Kier molecular flexibility index (Phi) is 4.39. The van der Waals surface area contributed by atoms with Crippen LogP contribution in [-0.4, -0.2) is 0 Å². The molecular weight excluding hydrogens is 312 g/mol. The maximum absolute atomic E-state index is 2.48. The van der Waals surface area contributed by atoms with Crippen molar-refractivity contribution in [1.82, 2.24) is 0 Å². The quantitative estimate of drug-likeness (QED) is 0.576. The molecule has 26 heavy (non-hydrogen) atoms. The van der Waals surface area contributed by atoms with Gasteiger partial charge in [-0.15, -0.1) is 0 Å². The Morgan fingerprint density at radius 1 is 0.692 bits per heavy atom. The Morgan fingerprint density at radius 2 is 1.23 bits per heavy atom. The van der Waals surface area contributed by atoms with Crippen molar-refractivity contribution in [1.29, 1.82) is 0 Å². The minimum absolute atomic E-state index is 0.00442. The first-order chi connectivity index (χ1) is 12.5. The first kappa shape index (κ1) is 17.3. The lowest BCUT2D eigenvalue weighted by molar-refractivity contribution is 0.124. The van der Waals surface area contributed by atoms with Crippen LogP contribution in [0.4, 0.5) is 0 Å². The molecule has 0 spiro atoms. The summed E-state index contributed by atoms with van der Waals surface area (Å²) < 4.78 is 0. The summed E-state index contributed by atoms with van der Waals surface area (Å²) in [6, 6.07) is 22.5. The van der Waals surface area contributed by atoms with Crippen LogP contribution in [0.1, 0.15) is 44.7 Å². The van der Waals surface area contributed by atoms with E-state index in [2.05, 4.69) is 106 Å². The van der Waals surface area contributed by atoms with Crippen molar-refractivity contribution >= 4 is 0 Å². The first-order valence-corrected chi connectivity index (χ1v) is 10.0. The van der Waals surface area contributed by atoms with Gasteiger partial charge in [0.15, 0.2) is 0 Å². The van der Waals surface area contributed by atoms with Crippen molar-refractivity contribution in [3.05, 3.63) is 96.1 Å². The molecule has 3 atom stereocenters. The van der Waals surface area contributed by atoms with Crippen LogP contribution >= 0.6 is 0 Å². The molecule has 0 heterocycles. The molecule has 0 amide bonds. The first-order valence-electron chi connectivity index (χ1n) is 10.0. The van der Waals surface area contributed by atoms with E-state index in [9.17, 15) is 0 Å². The fourth-order valence-corrected chi connectivity index (χ4v) is 5.88. The van der Waals surface area contributed by atoms with Gasteiger partial charge in [0.1, 0.15) is 0 Å². The monoisotopic (exact) mass is 342 g/mol. The van der Waals surface area contributed by atoms with Gasteiger partial charge in [0.05, 0.1) is 0 Å². The molecule has 0 N–H and O–H groups in total. The molecule has 4 rings (SSSR count). The van der Waals surface area contributed by atoms with E-state index in [1.807, 2.05) is 0 Å². The SMILES string of the molecule is CC(C)(C)C(c1ccccc1)(c1ccccc1)C1CCC2C=CC=CC21. The summed E-state index contributed by atoms with van der Waals surface area (Å²) in [7, 11) is 0. The number of allylic oxidation sites excluding steroid dienone is 4. The Balaban J connectivity index is 1.98. The third kappa shape index (κ3) is 2.58. The van der Waals surface area contributed by atoms with Crippen molar-refractivity contribution < 1.29 is 0 Å². The van der Waals surface area contributed by atoms with E-state index in [1.54, 1.807) is 0 Å². The predicted octanol–water partition coefficient (Wildman–Crippen LogP) is 6.79. The molecule has 0 aliphatic heterocycles. The van der Waals surface area contributed by atoms with Crippen molar-refractivity contribution in [2.45, 2.75) is 39.0 Å². The van der Waals surface area contributed by atoms with Gasteiger partial charge < -0.3 is 0 Å². The summed E-state index contributed by atoms with van der Waals surface area (Å²) in [6.45, 7) is 7.30. The fourth-order valence-electron chi connectivity index (χ4n) is 5.88. The smallest absolute Gasteiger partial charge is 0.0285 e. The van der Waals surface area contributed by atoms with Crippen molar-refractivity contribution in [2.24, 2.45) is 23.2 Å². The molecule has 0 aromatic heterocycles. The van der Waals surface area contributed by atoms with Crippen LogP contribution in [0, 0.1) is 23.2 Å². The second kappa shape index (κ2) is 6.58. The Hall–Kier alpha value is -2.08. The van der Waals surface area contributed by atoms with Gasteiger partial charge in [0, 0.05) is 5.41 Å². The summed E-state index contributed by atoms with van der Waals surface area (Å²) in [6.07, 6.45) is 12.0. The van der Waals surface area contributed by atoms with E-state index in [-0.39, 0.29) is 10.8 Å². The van der Waals surface area contributed by atoms with Gasteiger partial charge in [-0.05, 0) is 47.1 Å². The highest BCUT2D eigenvalue weighted by atomic mass is 14.6. The van der Waals surface area contributed by atoms with E-state index < -0.39 is 0 Å². The number of hydrogen-bond acceptors (Lipinski definition) is 0. The Labute approximate surface area is 158 Å². The summed E-state index contributed by atoms with van der Waals surface area (Å²) in [4.78, 5) is 0. The van der Waals surface area contributed by atoms with Crippen LogP contribution in [0.5, 0.6) is 0 Å². The molecule has 1 fully saturated rings. The average Bonchev–Trinajstić information content (AvgIpc) is 3.08. The lowest BCUT2D eigenvalue weighted by atomic mass is 9.51. The molecule has 2 aromatic carbocycles. The van der Waals surface area contributed by atoms with E-state index in [1.165, 1.54) is 24.0 Å². The number of fused-ring (bicyclic) bond motifs is 1. The molecular formula is C26H30. The van der Waals surface area contributed by atoms with Gasteiger partial charge in [-0.25, -0.2) is 0 Å². The number of benzene rings is 2.